The van der Waals surface area contributed by atoms with Crippen LogP contribution in [0, 0.1) is 0 Å². The lowest BCUT2D eigenvalue weighted by atomic mass is 10.1. The highest BCUT2D eigenvalue weighted by atomic mass is 32.1. The molecular weight excluding hydrogens is 254 g/mol. The Morgan fingerprint density at radius 3 is 3.05 bits per heavy atom. The van der Waals surface area contributed by atoms with Crippen LogP contribution < -0.4 is 5.32 Å². The maximum Gasteiger partial charge on any atom is 0.0795 e. The average molecular weight is 271 g/mol. The van der Waals surface area contributed by atoms with Gasteiger partial charge in [0.25, 0.3) is 0 Å². The van der Waals surface area contributed by atoms with Gasteiger partial charge in [-0.25, -0.2) is 4.98 Å². The number of rotatable bonds is 5. The number of thiazole rings is 1. The number of benzene rings is 1. The molecule has 0 unspecified atom stereocenters. The number of hydrogen-bond acceptors (Lipinski definition) is 3. The van der Waals surface area contributed by atoms with Gasteiger partial charge < -0.3 is 9.88 Å². The predicted molar refractivity (Wildman–Crippen MR) is 80.5 cm³/mol. The first-order valence-electron chi connectivity index (χ1n) is 6.52. The third-order valence-electron chi connectivity index (χ3n) is 3.23. The summed E-state index contributed by atoms with van der Waals surface area (Å²) in [5.41, 5.74) is 5.61. The van der Waals surface area contributed by atoms with Gasteiger partial charge in [0.15, 0.2) is 0 Å². The van der Waals surface area contributed by atoms with Gasteiger partial charge in [0, 0.05) is 23.6 Å². The van der Waals surface area contributed by atoms with E-state index in [0.29, 0.717) is 0 Å². The molecule has 3 aromatic rings. The van der Waals surface area contributed by atoms with Crippen LogP contribution in [0.25, 0.3) is 10.9 Å². The summed E-state index contributed by atoms with van der Waals surface area (Å²) in [5, 5.41) is 6.76. The standard InChI is InChI=1S/C15H17N3S/c1-2-16-8-12-3-4-15-13(7-12)5-6-18(15)9-14-10-19-11-17-14/h3-7,10-11,16H,2,8-9H2,1H3. The van der Waals surface area contributed by atoms with Gasteiger partial charge in [0.05, 0.1) is 17.7 Å². The van der Waals surface area contributed by atoms with E-state index in [0.717, 1.165) is 25.3 Å². The van der Waals surface area contributed by atoms with Gasteiger partial charge in [-0.1, -0.05) is 13.0 Å². The zero-order chi connectivity index (χ0) is 13.1. The Morgan fingerprint density at radius 1 is 1.32 bits per heavy atom. The molecule has 0 aliphatic rings. The minimum atomic E-state index is 0.847. The van der Waals surface area contributed by atoms with Crippen molar-refractivity contribution >= 4 is 22.2 Å². The van der Waals surface area contributed by atoms with Gasteiger partial charge in [-0.2, -0.15) is 0 Å². The molecule has 0 saturated carbocycles. The van der Waals surface area contributed by atoms with Crippen molar-refractivity contribution in [1.29, 1.82) is 0 Å². The van der Waals surface area contributed by atoms with Crippen molar-refractivity contribution < 1.29 is 0 Å². The molecule has 0 fully saturated rings. The van der Waals surface area contributed by atoms with E-state index in [2.05, 4.69) is 57.6 Å². The van der Waals surface area contributed by atoms with Crippen LogP contribution in [0.3, 0.4) is 0 Å². The molecule has 19 heavy (non-hydrogen) atoms. The maximum absolute atomic E-state index is 4.34. The van der Waals surface area contributed by atoms with Gasteiger partial charge in [0.1, 0.15) is 0 Å². The largest absolute Gasteiger partial charge is 0.341 e. The van der Waals surface area contributed by atoms with Crippen LogP contribution in [0.15, 0.2) is 41.4 Å². The van der Waals surface area contributed by atoms with Crippen LogP contribution in [-0.2, 0) is 13.1 Å². The van der Waals surface area contributed by atoms with Crippen molar-refractivity contribution in [2.45, 2.75) is 20.0 Å². The summed E-state index contributed by atoms with van der Waals surface area (Å²) in [5.74, 6) is 0. The van der Waals surface area contributed by atoms with E-state index < -0.39 is 0 Å². The summed E-state index contributed by atoms with van der Waals surface area (Å²) >= 11 is 1.65. The molecule has 0 atom stereocenters. The molecule has 0 radical (unpaired) electrons. The van der Waals surface area contributed by atoms with Crippen LogP contribution in [0.5, 0.6) is 0 Å². The minimum absolute atomic E-state index is 0.847. The highest BCUT2D eigenvalue weighted by molar-refractivity contribution is 7.07. The molecule has 4 heteroatoms. The van der Waals surface area contributed by atoms with Gasteiger partial charge in [-0.15, -0.1) is 11.3 Å². The fourth-order valence-electron chi connectivity index (χ4n) is 2.26. The molecule has 0 amide bonds. The van der Waals surface area contributed by atoms with Crippen LogP contribution in [-0.4, -0.2) is 16.1 Å². The van der Waals surface area contributed by atoms with Gasteiger partial charge in [0.2, 0.25) is 0 Å². The molecule has 0 aliphatic heterocycles. The van der Waals surface area contributed by atoms with Crippen molar-refractivity contribution in [3.05, 3.63) is 52.6 Å². The van der Waals surface area contributed by atoms with Gasteiger partial charge >= 0.3 is 0 Å². The van der Waals surface area contributed by atoms with Gasteiger partial charge in [-0.05, 0) is 35.7 Å². The van der Waals surface area contributed by atoms with E-state index in [9.17, 15) is 0 Å². The van der Waals surface area contributed by atoms with Crippen LogP contribution in [0.2, 0.25) is 0 Å². The molecular formula is C15H17N3S. The van der Waals surface area contributed by atoms with E-state index in [-0.39, 0.29) is 0 Å². The summed E-state index contributed by atoms with van der Waals surface area (Å²) in [6.07, 6.45) is 2.14. The molecule has 3 rings (SSSR count). The molecule has 1 N–H and O–H groups in total. The summed E-state index contributed by atoms with van der Waals surface area (Å²) < 4.78 is 2.25. The SMILES string of the molecule is CCNCc1ccc2c(ccn2Cc2cscn2)c1. The first kappa shape index (κ1) is 12.4. The van der Waals surface area contributed by atoms with E-state index >= 15 is 0 Å². The third-order valence-corrected chi connectivity index (χ3v) is 3.87. The Hall–Kier alpha value is -1.65. The molecule has 0 spiro atoms. The first-order chi connectivity index (χ1) is 9.36. The topological polar surface area (TPSA) is 29.9 Å². The lowest BCUT2D eigenvalue weighted by molar-refractivity contribution is 0.727. The second-order valence-electron chi connectivity index (χ2n) is 4.60. The molecule has 2 aromatic heterocycles. The van der Waals surface area contributed by atoms with Crippen molar-refractivity contribution in [2.75, 3.05) is 6.54 Å². The summed E-state index contributed by atoms with van der Waals surface area (Å²) in [7, 11) is 0. The quantitative estimate of drug-likeness (QED) is 0.772. The summed E-state index contributed by atoms with van der Waals surface area (Å²) in [6.45, 7) is 4.91. The fraction of sp³-hybridized carbons (Fsp3) is 0.267. The number of aromatic nitrogens is 2. The Balaban J connectivity index is 1.87. The van der Waals surface area contributed by atoms with Crippen molar-refractivity contribution in [2.24, 2.45) is 0 Å². The zero-order valence-electron chi connectivity index (χ0n) is 11.0. The van der Waals surface area contributed by atoms with Crippen molar-refractivity contribution in [3.63, 3.8) is 0 Å². The fourth-order valence-corrected chi connectivity index (χ4v) is 2.81. The summed E-state index contributed by atoms with van der Waals surface area (Å²) in [6, 6.07) is 8.84. The van der Waals surface area contributed by atoms with Crippen molar-refractivity contribution in [3.8, 4) is 0 Å². The maximum atomic E-state index is 4.34. The third kappa shape index (κ3) is 2.69. The van der Waals surface area contributed by atoms with E-state index in [1.165, 1.54) is 16.5 Å². The zero-order valence-corrected chi connectivity index (χ0v) is 11.8. The average Bonchev–Trinajstić information content (AvgIpc) is 3.07. The lowest BCUT2D eigenvalue weighted by Gasteiger charge is -2.05. The van der Waals surface area contributed by atoms with E-state index in [1.807, 2.05) is 5.51 Å². The molecule has 0 saturated heterocycles. The Morgan fingerprint density at radius 2 is 2.26 bits per heavy atom. The molecule has 3 nitrogen and oxygen atoms in total. The Labute approximate surface area is 116 Å². The van der Waals surface area contributed by atoms with Gasteiger partial charge in [-0.3, -0.25) is 0 Å². The monoisotopic (exact) mass is 271 g/mol. The minimum Gasteiger partial charge on any atom is -0.341 e. The van der Waals surface area contributed by atoms with E-state index in [4.69, 9.17) is 0 Å². The predicted octanol–water partition coefficient (Wildman–Crippen LogP) is 3.26. The number of nitrogens with one attached hydrogen (secondary N) is 1. The number of hydrogen-bond donors (Lipinski definition) is 1. The van der Waals surface area contributed by atoms with E-state index in [1.54, 1.807) is 11.3 Å². The number of fused-ring (bicyclic) bond motifs is 1. The second kappa shape index (κ2) is 5.55. The number of nitrogens with zero attached hydrogens (tertiary/aromatic N) is 2. The van der Waals surface area contributed by atoms with Crippen LogP contribution in [0.4, 0.5) is 0 Å². The highest BCUT2D eigenvalue weighted by Gasteiger charge is 2.04. The molecule has 2 heterocycles. The van der Waals surface area contributed by atoms with Crippen LogP contribution >= 0.6 is 11.3 Å². The normalized spacial score (nSPS) is 11.2. The highest BCUT2D eigenvalue weighted by Crippen LogP contribution is 2.19. The molecule has 0 bridgehead atoms. The molecule has 0 aliphatic carbocycles. The second-order valence-corrected chi connectivity index (χ2v) is 5.32. The molecule has 1 aromatic carbocycles. The lowest BCUT2D eigenvalue weighted by Crippen LogP contribution is -2.11. The van der Waals surface area contributed by atoms with Crippen LogP contribution in [0.1, 0.15) is 18.2 Å². The van der Waals surface area contributed by atoms with Crippen molar-refractivity contribution in [1.82, 2.24) is 14.9 Å². The summed E-state index contributed by atoms with van der Waals surface area (Å²) in [4.78, 5) is 4.34. The Bertz CT molecular complexity index is 655. The smallest absolute Gasteiger partial charge is 0.0795 e. The molecule has 98 valence electrons. The Kier molecular flexibility index (Phi) is 3.62. The first-order valence-corrected chi connectivity index (χ1v) is 7.46.